The Hall–Kier alpha value is -4.90. The van der Waals surface area contributed by atoms with Crippen LogP contribution in [0.3, 0.4) is 0 Å². The Kier molecular flexibility index (Phi) is 9.74. The second-order valence-corrected chi connectivity index (χ2v) is 15.5. The van der Waals surface area contributed by atoms with Gasteiger partial charge in [-0.15, -0.1) is 0 Å². The molecule has 0 amide bonds. The molecule has 1 aromatic heterocycles. The Morgan fingerprint density at radius 3 is 1.88 bits per heavy atom. The zero-order valence-corrected chi connectivity index (χ0v) is 29.1. The van der Waals surface area contributed by atoms with Gasteiger partial charge in [-0.25, -0.2) is 13.2 Å². The van der Waals surface area contributed by atoms with Crippen molar-refractivity contribution in [2.75, 3.05) is 6.61 Å². The molecule has 51 heavy (non-hydrogen) atoms. The van der Waals surface area contributed by atoms with E-state index in [1.807, 2.05) is 97.9 Å². The first-order chi connectivity index (χ1) is 24.7. The summed E-state index contributed by atoms with van der Waals surface area (Å²) in [5.41, 5.74) is 0.838. The molecule has 2 aliphatic rings. The molecule has 1 saturated heterocycles. The van der Waals surface area contributed by atoms with Gasteiger partial charge < -0.3 is 9.47 Å². The van der Waals surface area contributed by atoms with Crippen molar-refractivity contribution in [2.24, 2.45) is 11.8 Å². The number of aromatic nitrogens is 2. The number of ketones is 1. The first kappa shape index (κ1) is 34.5. The summed E-state index contributed by atoms with van der Waals surface area (Å²) < 4.78 is 45.0. The van der Waals surface area contributed by atoms with Gasteiger partial charge >= 0.3 is 5.69 Å². The van der Waals surface area contributed by atoms with E-state index in [1.165, 1.54) is 16.8 Å². The van der Waals surface area contributed by atoms with Crippen LogP contribution in [0.25, 0.3) is 0 Å². The smallest absolute Gasteiger partial charge is 0.330 e. The molecule has 0 radical (unpaired) electrons. The standard InChI is InChI=1S/C41H40N2O7S/c1-28-21-23-32(24-22-28)51(47,48)38-35(50-39(43-26-25-36(45)42-40(43)46)37(38)33-19-11-12-20-34(33)44)27-49-41(29-13-5-2-6-14-29,30-15-7-3-8-16-30)31-17-9-4-10-18-31/h2-10,13-18,21-26,33,35,37-39H,11-12,19-20,27H2,1H3,(H,42,45,46)/t33-,35+,37+,38-,39+/m0/s1. The van der Waals surface area contributed by atoms with Crippen molar-refractivity contribution in [1.29, 1.82) is 0 Å². The highest BCUT2D eigenvalue weighted by atomic mass is 32.2. The summed E-state index contributed by atoms with van der Waals surface area (Å²) >= 11 is 0. The van der Waals surface area contributed by atoms with Gasteiger partial charge in [0.25, 0.3) is 5.56 Å². The number of carbonyl (C=O) groups excluding carboxylic acids is 1. The third kappa shape index (κ3) is 6.55. The highest BCUT2D eigenvalue weighted by Crippen LogP contribution is 2.49. The molecule has 1 saturated carbocycles. The normalized spacial score (nSPS) is 22.5. The molecule has 9 nitrogen and oxygen atoms in total. The second-order valence-electron chi connectivity index (χ2n) is 13.4. The molecule has 0 bridgehead atoms. The minimum atomic E-state index is -4.19. The first-order valence-electron chi connectivity index (χ1n) is 17.3. The summed E-state index contributed by atoms with van der Waals surface area (Å²) in [6.07, 6.45) is 1.24. The second kappa shape index (κ2) is 14.4. The molecule has 262 valence electrons. The molecule has 5 atom stereocenters. The first-order valence-corrected chi connectivity index (χ1v) is 18.9. The number of rotatable bonds is 10. The summed E-state index contributed by atoms with van der Waals surface area (Å²) in [4.78, 5) is 41.6. The van der Waals surface area contributed by atoms with E-state index in [0.717, 1.165) is 28.7 Å². The van der Waals surface area contributed by atoms with Crippen LogP contribution in [-0.2, 0) is 29.7 Å². The Morgan fingerprint density at radius 1 is 0.784 bits per heavy atom. The van der Waals surface area contributed by atoms with E-state index in [2.05, 4.69) is 4.98 Å². The summed E-state index contributed by atoms with van der Waals surface area (Å²) in [6.45, 7) is 1.67. The van der Waals surface area contributed by atoms with Crippen LogP contribution in [0.5, 0.6) is 0 Å². The molecule has 0 spiro atoms. The average molecular weight is 705 g/mol. The predicted molar refractivity (Wildman–Crippen MR) is 193 cm³/mol. The summed E-state index contributed by atoms with van der Waals surface area (Å²) in [5.74, 6) is -1.70. The van der Waals surface area contributed by atoms with E-state index in [1.54, 1.807) is 24.3 Å². The third-order valence-corrected chi connectivity index (χ3v) is 12.6. The van der Waals surface area contributed by atoms with Gasteiger partial charge in [-0.3, -0.25) is 19.1 Å². The van der Waals surface area contributed by atoms with E-state index in [-0.39, 0.29) is 17.3 Å². The van der Waals surface area contributed by atoms with Gasteiger partial charge in [-0.1, -0.05) is 115 Å². The lowest BCUT2D eigenvalue weighted by Crippen LogP contribution is -2.45. The van der Waals surface area contributed by atoms with E-state index >= 15 is 0 Å². The largest absolute Gasteiger partial charge is 0.358 e. The fourth-order valence-electron chi connectivity index (χ4n) is 7.88. The molecule has 10 heteroatoms. The predicted octanol–water partition coefficient (Wildman–Crippen LogP) is 5.97. The van der Waals surface area contributed by atoms with Crippen LogP contribution in [0.15, 0.2) is 142 Å². The van der Waals surface area contributed by atoms with Crippen molar-refractivity contribution in [1.82, 2.24) is 9.55 Å². The van der Waals surface area contributed by atoms with Crippen molar-refractivity contribution < 1.29 is 22.7 Å². The molecule has 1 aliphatic carbocycles. The molecule has 5 aromatic rings. The SMILES string of the molecule is Cc1ccc(S(=O)(=O)[C@@H]2[C@@H]([C@H]3CCCCC3=O)[C@H](n3ccc(=O)[nH]c3=O)O[C@@H]2COC(c2ccccc2)(c2ccccc2)c2ccccc2)cc1. The number of carbonyl (C=O) groups is 1. The fraction of sp³-hybridized carbons (Fsp3) is 0.293. The molecule has 1 N–H and O–H groups in total. The highest BCUT2D eigenvalue weighted by molar-refractivity contribution is 7.92. The van der Waals surface area contributed by atoms with Gasteiger partial charge in [-0.2, -0.15) is 0 Å². The van der Waals surface area contributed by atoms with Crippen LogP contribution >= 0.6 is 0 Å². The maximum absolute atomic E-state index is 15.0. The van der Waals surface area contributed by atoms with Crippen molar-refractivity contribution in [3.63, 3.8) is 0 Å². The summed E-state index contributed by atoms with van der Waals surface area (Å²) in [6, 6.07) is 37.0. The van der Waals surface area contributed by atoms with Crippen molar-refractivity contribution in [3.8, 4) is 0 Å². The molecule has 0 unspecified atom stereocenters. The molecule has 4 aromatic carbocycles. The van der Waals surface area contributed by atoms with Crippen LogP contribution in [0.1, 0.15) is 54.2 Å². The minimum Gasteiger partial charge on any atom is -0.358 e. The van der Waals surface area contributed by atoms with Gasteiger partial charge in [0.05, 0.1) is 11.5 Å². The number of hydrogen-bond acceptors (Lipinski definition) is 7. The Bertz CT molecular complexity index is 2110. The highest BCUT2D eigenvalue weighted by Gasteiger charge is 2.57. The van der Waals surface area contributed by atoms with Crippen LogP contribution in [0.4, 0.5) is 0 Å². The van der Waals surface area contributed by atoms with Crippen LogP contribution in [0, 0.1) is 18.8 Å². The fourth-order valence-corrected chi connectivity index (χ4v) is 9.99. The lowest BCUT2D eigenvalue weighted by atomic mass is 9.76. The maximum atomic E-state index is 15.0. The van der Waals surface area contributed by atoms with Crippen LogP contribution in [-0.4, -0.2) is 41.7 Å². The number of aryl methyl sites for hydroxylation is 1. The van der Waals surface area contributed by atoms with Gasteiger partial charge in [0, 0.05) is 30.5 Å². The van der Waals surface area contributed by atoms with E-state index in [9.17, 15) is 22.8 Å². The summed E-state index contributed by atoms with van der Waals surface area (Å²) in [7, 11) is -4.19. The number of nitrogens with zero attached hydrogens (tertiary/aromatic N) is 1. The van der Waals surface area contributed by atoms with E-state index in [4.69, 9.17) is 9.47 Å². The number of nitrogens with one attached hydrogen (secondary N) is 1. The molecular formula is C41H40N2O7S. The van der Waals surface area contributed by atoms with E-state index < -0.39 is 56.1 Å². The topological polar surface area (TPSA) is 125 Å². The monoisotopic (exact) mass is 704 g/mol. The number of benzene rings is 4. The quantitative estimate of drug-likeness (QED) is 0.178. The van der Waals surface area contributed by atoms with Gasteiger partial charge in [-0.05, 0) is 48.6 Å². The molecule has 1 aliphatic heterocycles. The number of aromatic amines is 1. The van der Waals surface area contributed by atoms with E-state index in [0.29, 0.717) is 19.3 Å². The zero-order chi connectivity index (χ0) is 35.6. The van der Waals surface area contributed by atoms with Crippen molar-refractivity contribution in [3.05, 3.63) is 171 Å². The Labute approximate surface area is 296 Å². The number of Topliss-reactive ketones (excluding diaryl/α,β-unsaturated/α-hetero) is 1. The van der Waals surface area contributed by atoms with Gasteiger partial charge in [0.2, 0.25) is 0 Å². The molecule has 2 heterocycles. The minimum absolute atomic E-state index is 0.0600. The van der Waals surface area contributed by atoms with Crippen molar-refractivity contribution in [2.45, 2.75) is 60.7 Å². The number of H-pyrrole nitrogens is 1. The number of sulfone groups is 1. The van der Waals surface area contributed by atoms with Gasteiger partial charge in [0.1, 0.15) is 29.0 Å². The van der Waals surface area contributed by atoms with Crippen LogP contribution < -0.4 is 11.2 Å². The zero-order valence-electron chi connectivity index (χ0n) is 28.3. The molecule has 2 fully saturated rings. The number of hydrogen-bond donors (Lipinski definition) is 1. The van der Waals surface area contributed by atoms with Crippen LogP contribution in [0.2, 0.25) is 0 Å². The lowest BCUT2D eigenvalue weighted by Gasteiger charge is -2.37. The Morgan fingerprint density at radius 2 is 1.35 bits per heavy atom. The van der Waals surface area contributed by atoms with Gasteiger partial charge in [0.15, 0.2) is 9.84 Å². The molecular weight excluding hydrogens is 665 g/mol. The molecule has 7 rings (SSSR count). The lowest BCUT2D eigenvalue weighted by molar-refractivity contribution is -0.129. The third-order valence-electron chi connectivity index (χ3n) is 10.3. The number of ether oxygens (including phenoxy) is 2. The maximum Gasteiger partial charge on any atom is 0.330 e. The average Bonchev–Trinajstić information content (AvgIpc) is 3.53. The Balaban J connectivity index is 1.41. The summed E-state index contributed by atoms with van der Waals surface area (Å²) in [5, 5.41) is -1.27. The van der Waals surface area contributed by atoms with Crippen molar-refractivity contribution >= 4 is 15.6 Å².